The maximum atomic E-state index is 13.4. The maximum absolute atomic E-state index is 13.4. The Hall–Kier alpha value is -2.58. The van der Waals surface area contributed by atoms with Crippen LogP contribution in [-0.2, 0) is 4.79 Å². The number of carboxylic acids is 1. The minimum atomic E-state index is -1.09. The summed E-state index contributed by atoms with van der Waals surface area (Å²) in [6.07, 6.45) is 0.240. The zero-order chi connectivity index (χ0) is 19.7. The van der Waals surface area contributed by atoms with Crippen LogP contribution in [0.3, 0.4) is 0 Å². The van der Waals surface area contributed by atoms with Crippen LogP contribution in [0.15, 0.2) is 41.4 Å². The number of nitrogens with zero attached hydrogens (tertiary/aromatic N) is 2. The summed E-state index contributed by atoms with van der Waals surface area (Å²) < 4.78 is 28.7. The quantitative estimate of drug-likeness (QED) is 0.692. The average Bonchev–Trinajstić information content (AvgIpc) is 2.94. The lowest BCUT2D eigenvalue weighted by Crippen LogP contribution is -2.27. The minimum absolute atomic E-state index is 0.0852. The zero-order valence-electron chi connectivity index (χ0n) is 13.9. The van der Waals surface area contributed by atoms with E-state index in [1.165, 1.54) is 4.57 Å². The molecular formula is C18H13ClF2N2O3S. The lowest BCUT2D eigenvalue weighted by atomic mass is 10.2. The minimum Gasteiger partial charge on any atom is -0.480 e. The molecule has 1 unspecified atom stereocenters. The topological polar surface area (TPSA) is 71.7 Å². The highest BCUT2D eigenvalue weighted by molar-refractivity contribution is 7.17. The van der Waals surface area contributed by atoms with E-state index in [1.54, 1.807) is 25.1 Å². The Bertz CT molecular complexity index is 1100. The van der Waals surface area contributed by atoms with Crippen LogP contribution in [0.25, 0.3) is 10.2 Å². The average molecular weight is 411 g/mol. The van der Waals surface area contributed by atoms with Gasteiger partial charge in [-0.3, -0.25) is 4.79 Å². The summed E-state index contributed by atoms with van der Waals surface area (Å²) >= 11 is 7.22. The molecule has 0 bridgehead atoms. The molecule has 1 N–H and O–H groups in total. The number of hydrogen-bond donors (Lipinski definition) is 1. The molecule has 1 heterocycles. The molecule has 0 aliphatic rings. The molecular weight excluding hydrogens is 398 g/mol. The molecule has 3 rings (SSSR count). The van der Waals surface area contributed by atoms with Gasteiger partial charge < -0.3 is 9.67 Å². The second-order valence-electron chi connectivity index (χ2n) is 5.68. The molecule has 1 amide bonds. The first-order valence-corrected chi connectivity index (χ1v) is 9.08. The molecule has 0 saturated carbocycles. The van der Waals surface area contributed by atoms with Crippen molar-refractivity contribution in [1.29, 1.82) is 0 Å². The highest BCUT2D eigenvalue weighted by Crippen LogP contribution is 2.29. The molecule has 0 saturated heterocycles. The summed E-state index contributed by atoms with van der Waals surface area (Å²) in [6.45, 7) is 1.69. The Morgan fingerprint density at radius 3 is 2.52 bits per heavy atom. The SMILES string of the molecule is CCC(C(=O)O)n1/c(=N/C(=O)c2cc(F)cc(F)c2)sc2c(Cl)cccc21. The molecule has 1 atom stereocenters. The summed E-state index contributed by atoms with van der Waals surface area (Å²) in [4.78, 5) is 28.1. The standard InChI is InChI=1S/C18H13ClF2N2O3S/c1-2-13(17(25)26)23-14-5-3-4-12(19)15(14)27-18(23)22-16(24)9-6-10(20)8-11(21)7-9/h3-8,13H,2H2,1H3,(H,25,26)/b22-18-. The molecule has 0 fully saturated rings. The Balaban J connectivity index is 2.26. The van der Waals surface area contributed by atoms with E-state index in [-0.39, 0.29) is 16.8 Å². The molecule has 2 aromatic carbocycles. The molecule has 0 radical (unpaired) electrons. The van der Waals surface area contributed by atoms with Gasteiger partial charge in [0.2, 0.25) is 0 Å². The van der Waals surface area contributed by atoms with Crippen molar-refractivity contribution in [2.75, 3.05) is 0 Å². The highest BCUT2D eigenvalue weighted by Gasteiger charge is 2.23. The Kier molecular flexibility index (Phi) is 5.38. The molecule has 140 valence electrons. The van der Waals surface area contributed by atoms with Crippen LogP contribution in [0.5, 0.6) is 0 Å². The number of aromatic nitrogens is 1. The van der Waals surface area contributed by atoms with Gasteiger partial charge in [-0.25, -0.2) is 13.6 Å². The van der Waals surface area contributed by atoms with Crippen LogP contribution in [0.4, 0.5) is 8.78 Å². The van der Waals surface area contributed by atoms with E-state index >= 15 is 0 Å². The van der Waals surface area contributed by atoms with Gasteiger partial charge in [-0.15, -0.1) is 0 Å². The third-order valence-electron chi connectivity index (χ3n) is 3.90. The largest absolute Gasteiger partial charge is 0.480 e. The lowest BCUT2D eigenvalue weighted by molar-refractivity contribution is -0.140. The second kappa shape index (κ2) is 7.58. The molecule has 5 nitrogen and oxygen atoms in total. The van der Waals surface area contributed by atoms with Crippen molar-refractivity contribution in [3.8, 4) is 0 Å². The van der Waals surface area contributed by atoms with E-state index in [1.807, 2.05) is 0 Å². The summed E-state index contributed by atoms with van der Waals surface area (Å²) in [7, 11) is 0. The van der Waals surface area contributed by atoms with Crippen LogP contribution in [0, 0.1) is 11.6 Å². The first-order valence-electron chi connectivity index (χ1n) is 7.89. The fraction of sp³-hybridized carbons (Fsp3) is 0.167. The van der Waals surface area contributed by atoms with Crippen LogP contribution in [-0.4, -0.2) is 21.6 Å². The van der Waals surface area contributed by atoms with Crippen LogP contribution in [0.2, 0.25) is 5.02 Å². The van der Waals surface area contributed by atoms with Crippen molar-refractivity contribution in [1.82, 2.24) is 4.57 Å². The first kappa shape index (κ1) is 19.2. The van der Waals surface area contributed by atoms with E-state index in [0.29, 0.717) is 21.3 Å². The first-order chi connectivity index (χ1) is 12.8. The molecule has 0 spiro atoms. The van der Waals surface area contributed by atoms with Crippen molar-refractivity contribution < 1.29 is 23.5 Å². The van der Waals surface area contributed by atoms with Gasteiger partial charge in [0.05, 0.1) is 15.2 Å². The van der Waals surface area contributed by atoms with Gasteiger partial charge in [-0.1, -0.05) is 35.9 Å². The van der Waals surface area contributed by atoms with Crippen molar-refractivity contribution in [3.05, 3.63) is 63.4 Å². The van der Waals surface area contributed by atoms with Gasteiger partial charge in [-0.2, -0.15) is 4.99 Å². The van der Waals surface area contributed by atoms with E-state index in [2.05, 4.69) is 4.99 Å². The number of carbonyl (C=O) groups is 2. The second-order valence-corrected chi connectivity index (χ2v) is 7.06. The predicted octanol–water partition coefficient (Wildman–Crippen LogP) is 4.41. The molecule has 1 aromatic heterocycles. The number of aliphatic carboxylic acids is 1. The molecule has 0 aliphatic heterocycles. The van der Waals surface area contributed by atoms with Crippen molar-refractivity contribution in [3.63, 3.8) is 0 Å². The Labute approximate surface area is 161 Å². The fourth-order valence-corrected chi connectivity index (χ4v) is 4.06. The number of amides is 1. The van der Waals surface area contributed by atoms with Crippen molar-refractivity contribution in [2.45, 2.75) is 19.4 Å². The highest BCUT2D eigenvalue weighted by atomic mass is 35.5. The van der Waals surface area contributed by atoms with Crippen LogP contribution in [0.1, 0.15) is 29.7 Å². The van der Waals surface area contributed by atoms with Gasteiger partial charge >= 0.3 is 5.97 Å². The maximum Gasteiger partial charge on any atom is 0.326 e. The van der Waals surface area contributed by atoms with E-state index in [9.17, 15) is 23.5 Å². The molecule has 3 aromatic rings. The van der Waals surface area contributed by atoms with Gasteiger partial charge in [0.25, 0.3) is 5.91 Å². The monoisotopic (exact) mass is 410 g/mol. The van der Waals surface area contributed by atoms with Gasteiger partial charge in [0, 0.05) is 11.6 Å². The number of rotatable bonds is 4. The summed E-state index contributed by atoms with van der Waals surface area (Å²) in [5.74, 6) is -3.79. The number of fused-ring (bicyclic) bond motifs is 1. The zero-order valence-corrected chi connectivity index (χ0v) is 15.5. The van der Waals surface area contributed by atoms with E-state index in [0.717, 1.165) is 23.5 Å². The van der Waals surface area contributed by atoms with Crippen molar-refractivity contribution >= 4 is 45.0 Å². The van der Waals surface area contributed by atoms with Crippen LogP contribution < -0.4 is 4.80 Å². The fourth-order valence-electron chi connectivity index (χ4n) is 2.71. The Morgan fingerprint density at radius 2 is 1.93 bits per heavy atom. The van der Waals surface area contributed by atoms with E-state index < -0.39 is 29.6 Å². The number of carbonyl (C=O) groups excluding carboxylic acids is 1. The number of hydrogen-bond acceptors (Lipinski definition) is 3. The Morgan fingerprint density at radius 1 is 1.26 bits per heavy atom. The van der Waals surface area contributed by atoms with Gasteiger partial charge in [-0.05, 0) is 30.7 Å². The predicted molar refractivity (Wildman–Crippen MR) is 98.0 cm³/mol. The number of halogens is 3. The van der Waals surface area contributed by atoms with Crippen LogP contribution >= 0.6 is 22.9 Å². The third-order valence-corrected chi connectivity index (χ3v) is 5.43. The van der Waals surface area contributed by atoms with E-state index in [4.69, 9.17) is 11.6 Å². The third kappa shape index (κ3) is 3.77. The number of thiazole rings is 1. The molecule has 0 aliphatic carbocycles. The molecule has 9 heteroatoms. The summed E-state index contributed by atoms with van der Waals surface area (Å²) in [6, 6.07) is 6.38. The van der Waals surface area contributed by atoms with Gasteiger partial charge in [0.1, 0.15) is 17.7 Å². The smallest absolute Gasteiger partial charge is 0.326 e. The number of benzene rings is 2. The lowest BCUT2D eigenvalue weighted by Gasteiger charge is -2.13. The number of carboxylic acid groups (broad SMARTS) is 1. The summed E-state index contributed by atoms with van der Waals surface area (Å²) in [5, 5.41) is 9.93. The molecule has 27 heavy (non-hydrogen) atoms. The van der Waals surface area contributed by atoms with Gasteiger partial charge in [0.15, 0.2) is 4.80 Å². The van der Waals surface area contributed by atoms with Crippen molar-refractivity contribution in [2.24, 2.45) is 4.99 Å². The summed E-state index contributed by atoms with van der Waals surface area (Å²) in [5.41, 5.74) is 0.240. The normalized spacial score (nSPS) is 13.1.